The van der Waals surface area contributed by atoms with Crippen molar-refractivity contribution in [1.82, 2.24) is 4.90 Å². The summed E-state index contributed by atoms with van der Waals surface area (Å²) in [5.41, 5.74) is 1.95. The number of piperidine rings is 1. The lowest BCUT2D eigenvalue weighted by atomic mass is 9.94. The molecule has 2 saturated heterocycles. The third-order valence-electron chi connectivity index (χ3n) is 6.08. The molecule has 3 fully saturated rings. The molecule has 0 bridgehead atoms. The Bertz CT molecular complexity index is 777. The summed E-state index contributed by atoms with van der Waals surface area (Å²) in [5.74, 6) is 0.332. The molecule has 7 nitrogen and oxygen atoms in total. The first-order valence-electron chi connectivity index (χ1n) is 9.40. The maximum Gasteiger partial charge on any atom is 0.414 e. The predicted molar refractivity (Wildman–Crippen MR) is 97.4 cm³/mol. The fourth-order valence-electron chi connectivity index (χ4n) is 4.44. The molecule has 1 aliphatic carbocycles. The molecular formula is C20H24N2O5. The number of hydrogen-bond donors (Lipinski definition) is 1. The summed E-state index contributed by atoms with van der Waals surface area (Å²) in [6.07, 6.45) is 1.40. The average Bonchev–Trinajstić information content (AvgIpc) is 3.03. The number of hydrogen-bond acceptors (Lipinski definition) is 5. The van der Waals surface area contributed by atoms with Crippen LogP contribution in [0.1, 0.15) is 31.7 Å². The van der Waals surface area contributed by atoms with E-state index in [1.165, 1.54) is 12.5 Å². The van der Waals surface area contributed by atoms with E-state index >= 15 is 0 Å². The molecule has 2 aliphatic heterocycles. The zero-order valence-corrected chi connectivity index (χ0v) is 15.4. The topological polar surface area (TPSA) is 87.2 Å². The van der Waals surface area contributed by atoms with Gasteiger partial charge in [-0.05, 0) is 43.4 Å². The van der Waals surface area contributed by atoms with Crippen molar-refractivity contribution < 1.29 is 24.2 Å². The summed E-state index contributed by atoms with van der Waals surface area (Å²) in [6, 6.07) is 7.89. The van der Waals surface area contributed by atoms with Gasteiger partial charge in [0.1, 0.15) is 18.5 Å². The number of benzene rings is 1. The summed E-state index contributed by atoms with van der Waals surface area (Å²) in [7, 11) is 0. The second-order valence-electron chi connectivity index (χ2n) is 7.89. The minimum atomic E-state index is -0.441. The third kappa shape index (κ3) is 3.20. The quantitative estimate of drug-likeness (QED) is 0.817. The Morgan fingerprint density at radius 2 is 2.00 bits per heavy atom. The molecule has 2 heterocycles. The first kappa shape index (κ1) is 18.0. The van der Waals surface area contributed by atoms with Crippen molar-refractivity contribution in [3.05, 3.63) is 29.8 Å². The van der Waals surface area contributed by atoms with Crippen LogP contribution in [0.3, 0.4) is 0 Å². The standard InChI is InChI=1S/C20H24N2O5/c1-13(24)2-7-17-10-22(19(26)27-17)16-5-3-14(4-6-16)20-8-15(20)9-21(12-20)18(25)11-23/h3-6,15,17,23H,2,7-12H2,1H3/t15?,17-,20?/m0/s1. The largest absolute Gasteiger partial charge is 0.444 e. The van der Waals surface area contributed by atoms with Crippen LogP contribution in [0, 0.1) is 5.92 Å². The fraction of sp³-hybridized carbons (Fsp3) is 0.550. The van der Waals surface area contributed by atoms with E-state index in [0.717, 1.165) is 12.1 Å². The number of nitrogens with zero attached hydrogens (tertiary/aromatic N) is 2. The van der Waals surface area contributed by atoms with Gasteiger partial charge >= 0.3 is 6.09 Å². The normalized spacial score (nSPS) is 28.9. The van der Waals surface area contributed by atoms with Crippen LogP contribution in [0.25, 0.3) is 0 Å². The molecule has 2 unspecified atom stereocenters. The third-order valence-corrected chi connectivity index (χ3v) is 6.08. The number of likely N-dealkylation sites (tertiary alicyclic amines) is 1. The number of amides is 2. The van der Waals surface area contributed by atoms with E-state index in [0.29, 0.717) is 38.4 Å². The summed E-state index contributed by atoms with van der Waals surface area (Å²) in [5, 5.41) is 9.06. The van der Waals surface area contributed by atoms with Crippen molar-refractivity contribution in [3.8, 4) is 0 Å². The van der Waals surface area contributed by atoms with Crippen LogP contribution in [-0.4, -0.2) is 60.1 Å². The van der Waals surface area contributed by atoms with Gasteiger partial charge in [-0.25, -0.2) is 4.79 Å². The van der Waals surface area contributed by atoms with E-state index in [2.05, 4.69) is 0 Å². The van der Waals surface area contributed by atoms with Crippen molar-refractivity contribution >= 4 is 23.5 Å². The Balaban J connectivity index is 1.42. The van der Waals surface area contributed by atoms with Crippen LogP contribution in [0.2, 0.25) is 0 Å². The predicted octanol–water partition coefficient (Wildman–Crippen LogP) is 1.47. The minimum absolute atomic E-state index is 0.00109. The van der Waals surface area contributed by atoms with Crippen molar-refractivity contribution in [3.63, 3.8) is 0 Å². The monoisotopic (exact) mass is 372 g/mol. The van der Waals surface area contributed by atoms with Gasteiger partial charge in [-0.2, -0.15) is 0 Å². The Hall–Kier alpha value is -2.41. The molecule has 1 saturated carbocycles. The lowest BCUT2D eigenvalue weighted by Crippen LogP contribution is -2.34. The molecule has 1 aromatic rings. The van der Waals surface area contributed by atoms with E-state index in [-0.39, 0.29) is 29.3 Å². The zero-order valence-electron chi connectivity index (χ0n) is 15.4. The molecule has 7 heteroatoms. The van der Waals surface area contributed by atoms with E-state index in [1.54, 1.807) is 9.80 Å². The number of ketones is 1. The van der Waals surface area contributed by atoms with Gasteiger partial charge in [0.05, 0.1) is 6.54 Å². The summed E-state index contributed by atoms with van der Waals surface area (Å²) >= 11 is 0. The molecule has 1 aromatic carbocycles. The minimum Gasteiger partial charge on any atom is -0.444 e. The van der Waals surface area contributed by atoms with Crippen LogP contribution >= 0.6 is 0 Å². The van der Waals surface area contributed by atoms with Crippen LogP contribution < -0.4 is 4.90 Å². The van der Waals surface area contributed by atoms with Crippen LogP contribution in [0.5, 0.6) is 0 Å². The summed E-state index contributed by atoms with van der Waals surface area (Å²) < 4.78 is 5.36. The molecular weight excluding hydrogens is 348 g/mol. The van der Waals surface area contributed by atoms with Crippen molar-refractivity contribution in [2.45, 2.75) is 37.7 Å². The van der Waals surface area contributed by atoms with Gasteiger partial charge in [-0.15, -0.1) is 0 Å². The van der Waals surface area contributed by atoms with Crippen LogP contribution in [-0.2, 0) is 19.7 Å². The second-order valence-corrected chi connectivity index (χ2v) is 7.89. The van der Waals surface area contributed by atoms with Gasteiger partial charge in [0.15, 0.2) is 0 Å². The van der Waals surface area contributed by atoms with E-state index in [4.69, 9.17) is 9.84 Å². The smallest absolute Gasteiger partial charge is 0.414 e. The van der Waals surface area contributed by atoms with Crippen molar-refractivity contribution in [1.29, 1.82) is 0 Å². The Morgan fingerprint density at radius 3 is 2.67 bits per heavy atom. The van der Waals surface area contributed by atoms with Gasteiger partial charge in [0, 0.05) is 30.6 Å². The highest BCUT2D eigenvalue weighted by molar-refractivity contribution is 5.89. The van der Waals surface area contributed by atoms with Gasteiger partial charge in [-0.3, -0.25) is 9.69 Å². The molecule has 3 atom stereocenters. The maximum atomic E-state index is 12.1. The molecule has 3 aliphatic rings. The Kier molecular flexibility index (Phi) is 4.42. The van der Waals surface area contributed by atoms with Gasteiger partial charge in [-0.1, -0.05) is 12.1 Å². The number of Topliss-reactive ketones (excluding diaryl/α,β-unsaturated/α-hetero) is 1. The molecule has 27 heavy (non-hydrogen) atoms. The number of cyclic esters (lactones) is 1. The average molecular weight is 372 g/mol. The maximum absolute atomic E-state index is 12.1. The lowest BCUT2D eigenvalue weighted by Gasteiger charge is -2.21. The first-order valence-corrected chi connectivity index (χ1v) is 9.40. The number of anilines is 1. The van der Waals surface area contributed by atoms with E-state index < -0.39 is 6.61 Å². The molecule has 0 radical (unpaired) electrons. The summed E-state index contributed by atoms with van der Waals surface area (Å²) in [4.78, 5) is 38.3. The second kappa shape index (κ2) is 6.64. The van der Waals surface area contributed by atoms with E-state index in [9.17, 15) is 14.4 Å². The van der Waals surface area contributed by atoms with Gasteiger partial charge in [0.25, 0.3) is 0 Å². The van der Waals surface area contributed by atoms with Gasteiger partial charge in [0.2, 0.25) is 5.91 Å². The summed E-state index contributed by atoms with van der Waals surface area (Å²) in [6.45, 7) is 2.91. The number of carbonyl (C=O) groups is 3. The molecule has 4 rings (SSSR count). The van der Waals surface area contributed by atoms with Crippen molar-refractivity contribution in [2.24, 2.45) is 5.92 Å². The van der Waals surface area contributed by atoms with Gasteiger partial charge < -0.3 is 19.5 Å². The highest BCUT2D eigenvalue weighted by atomic mass is 16.6. The highest BCUT2D eigenvalue weighted by Gasteiger charge is 2.61. The van der Waals surface area contributed by atoms with Crippen LogP contribution in [0.4, 0.5) is 10.5 Å². The molecule has 1 N–H and O–H groups in total. The molecule has 0 spiro atoms. The number of rotatable bonds is 6. The number of aliphatic hydroxyl groups excluding tert-OH is 1. The fourth-order valence-corrected chi connectivity index (χ4v) is 4.44. The Morgan fingerprint density at radius 1 is 1.26 bits per heavy atom. The molecule has 144 valence electrons. The van der Waals surface area contributed by atoms with E-state index in [1.807, 2.05) is 24.3 Å². The highest BCUT2D eigenvalue weighted by Crippen LogP contribution is 2.59. The Labute approximate surface area is 157 Å². The zero-order chi connectivity index (χ0) is 19.2. The number of aliphatic hydroxyl groups is 1. The molecule has 2 amide bonds. The number of ether oxygens (including phenoxy) is 1. The van der Waals surface area contributed by atoms with Crippen LogP contribution in [0.15, 0.2) is 24.3 Å². The first-order chi connectivity index (χ1) is 12.9. The SMILES string of the molecule is CC(=O)CC[C@H]1CN(c2ccc(C34CC3CN(C(=O)CO)C4)cc2)C(=O)O1. The molecule has 0 aromatic heterocycles. The number of carbonyl (C=O) groups excluding carboxylic acids is 3. The number of fused-ring (bicyclic) bond motifs is 1. The lowest BCUT2D eigenvalue weighted by molar-refractivity contribution is -0.133. The van der Waals surface area contributed by atoms with Crippen molar-refractivity contribution in [2.75, 3.05) is 31.1 Å².